The minimum atomic E-state index is 0.00877. The van der Waals surface area contributed by atoms with Crippen molar-refractivity contribution < 1.29 is 9.53 Å². The molecule has 1 aliphatic rings. The average molecular weight is 317 g/mol. The van der Waals surface area contributed by atoms with E-state index in [1.807, 2.05) is 28.7 Å². The molecule has 1 fully saturated rings. The normalized spacial score (nSPS) is 18.2. The Hall–Kier alpha value is -1.95. The first-order valence-corrected chi connectivity index (χ1v) is 8.40. The van der Waals surface area contributed by atoms with Crippen LogP contribution in [0.5, 0.6) is 5.88 Å². The van der Waals surface area contributed by atoms with Gasteiger partial charge in [-0.3, -0.25) is 4.79 Å². The molecule has 0 aromatic carbocycles. The molecule has 2 aromatic heterocycles. The van der Waals surface area contributed by atoms with Crippen LogP contribution in [0.1, 0.15) is 24.2 Å². The number of aromatic nitrogens is 2. The number of carbonyl (C=O) groups is 1. The maximum atomic E-state index is 12.4. The molecular weight excluding hydrogens is 298 g/mol. The number of rotatable bonds is 4. The molecule has 1 amide bonds. The molecule has 116 valence electrons. The second kappa shape index (κ2) is 6.87. The van der Waals surface area contributed by atoms with Gasteiger partial charge in [0.05, 0.1) is 13.0 Å². The van der Waals surface area contributed by atoms with Crippen LogP contribution in [-0.4, -0.2) is 40.0 Å². The lowest BCUT2D eigenvalue weighted by atomic mass is 10.1. The zero-order valence-electron chi connectivity index (χ0n) is 12.6. The van der Waals surface area contributed by atoms with Crippen LogP contribution in [0.25, 0.3) is 0 Å². The van der Waals surface area contributed by atoms with E-state index in [9.17, 15) is 4.79 Å². The van der Waals surface area contributed by atoms with Gasteiger partial charge >= 0.3 is 0 Å². The van der Waals surface area contributed by atoms with Crippen molar-refractivity contribution >= 4 is 17.2 Å². The summed E-state index contributed by atoms with van der Waals surface area (Å²) in [6.45, 7) is 3.28. The fraction of sp³-hybridized carbons (Fsp3) is 0.438. The SMILES string of the molecule is Cc1nccc(O[C@H]2CCCN(C(=O)Cc3ccsc3)C2)n1. The fourth-order valence-corrected chi connectivity index (χ4v) is 3.28. The number of carbonyl (C=O) groups excluding carboxylic acids is 1. The molecule has 0 spiro atoms. The van der Waals surface area contributed by atoms with Crippen molar-refractivity contribution in [3.05, 3.63) is 40.5 Å². The monoisotopic (exact) mass is 317 g/mol. The first kappa shape index (κ1) is 15.0. The summed E-state index contributed by atoms with van der Waals surface area (Å²) in [6.07, 6.45) is 4.09. The number of aryl methyl sites for hydroxylation is 1. The first-order valence-electron chi connectivity index (χ1n) is 7.46. The summed E-state index contributed by atoms with van der Waals surface area (Å²) in [5, 5.41) is 4.03. The first-order chi connectivity index (χ1) is 10.7. The number of hydrogen-bond donors (Lipinski definition) is 0. The number of hydrogen-bond acceptors (Lipinski definition) is 5. The van der Waals surface area contributed by atoms with E-state index in [1.54, 1.807) is 23.6 Å². The van der Waals surface area contributed by atoms with Gasteiger partial charge in [-0.2, -0.15) is 16.3 Å². The van der Waals surface area contributed by atoms with E-state index in [0.29, 0.717) is 24.7 Å². The van der Waals surface area contributed by atoms with E-state index in [0.717, 1.165) is 24.9 Å². The molecule has 3 rings (SSSR count). The van der Waals surface area contributed by atoms with Crippen LogP contribution in [0.3, 0.4) is 0 Å². The standard InChI is InChI=1S/C16H19N3O2S/c1-12-17-6-4-15(18-12)21-14-3-2-7-19(10-14)16(20)9-13-5-8-22-11-13/h4-6,8,11,14H,2-3,7,9-10H2,1H3/t14-/m0/s1. The molecule has 2 aromatic rings. The van der Waals surface area contributed by atoms with Crippen LogP contribution in [0.4, 0.5) is 0 Å². The number of likely N-dealkylation sites (tertiary alicyclic amines) is 1. The van der Waals surface area contributed by atoms with Gasteiger partial charge < -0.3 is 9.64 Å². The molecule has 0 unspecified atom stereocenters. The summed E-state index contributed by atoms with van der Waals surface area (Å²) in [6, 6.07) is 3.77. The van der Waals surface area contributed by atoms with Gasteiger partial charge in [-0.15, -0.1) is 0 Å². The quantitative estimate of drug-likeness (QED) is 0.869. The molecule has 6 heteroatoms. The third-order valence-corrected chi connectivity index (χ3v) is 4.44. The number of thiophene rings is 1. The Morgan fingerprint density at radius 3 is 3.18 bits per heavy atom. The Labute approximate surface area is 134 Å². The second-order valence-electron chi connectivity index (χ2n) is 5.47. The third-order valence-electron chi connectivity index (χ3n) is 3.70. The van der Waals surface area contributed by atoms with Crippen LogP contribution in [-0.2, 0) is 11.2 Å². The predicted molar refractivity (Wildman–Crippen MR) is 85.0 cm³/mol. The number of piperidine rings is 1. The Balaban J connectivity index is 1.58. The highest BCUT2D eigenvalue weighted by Crippen LogP contribution is 2.18. The lowest BCUT2D eigenvalue weighted by Gasteiger charge is -2.32. The molecule has 0 saturated carbocycles. The minimum absolute atomic E-state index is 0.00877. The smallest absolute Gasteiger partial charge is 0.227 e. The van der Waals surface area contributed by atoms with E-state index >= 15 is 0 Å². The van der Waals surface area contributed by atoms with E-state index in [2.05, 4.69) is 9.97 Å². The number of nitrogens with zero attached hydrogens (tertiary/aromatic N) is 3. The van der Waals surface area contributed by atoms with Gasteiger partial charge in [0.25, 0.3) is 0 Å². The fourth-order valence-electron chi connectivity index (χ4n) is 2.61. The maximum Gasteiger partial charge on any atom is 0.227 e. The molecule has 0 N–H and O–H groups in total. The van der Waals surface area contributed by atoms with Crippen molar-refractivity contribution in [1.29, 1.82) is 0 Å². The number of ether oxygens (including phenoxy) is 1. The van der Waals surface area contributed by atoms with Gasteiger partial charge in [0.15, 0.2) is 0 Å². The Morgan fingerprint density at radius 2 is 2.41 bits per heavy atom. The zero-order valence-corrected chi connectivity index (χ0v) is 13.4. The Bertz CT molecular complexity index is 630. The lowest BCUT2D eigenvalue weighted by Crippen LogP contribution is -2.45. The third kappa shape index (κ3) is 3.82. The van der Waals surface area contributed by atoms with Crippen molar-refractivity contribution in [2.75, 3.05) is 13.1 Å². The van der Waals surface area contributed by atoms with Gasteiger partial charge in [0.2, 0.25) is 11.8 Å². The van der Waals surface area contributed by atoms with Gasteiger partial charge in [-0.05, 0) is 42.2 Å². The highest BCUT2D eigenvalue weighted by atomic mass is 32.1. The maximum absolute atomic E-state index is 12.4. The highest BCUT2D eigenvalue weighted by Gasteiger charge is 2.25. The summed E-state index contributed by atoms with van der Waals surface area (Å²) >= 11 is 1.62. The van der Waals surface area contributed by atoms with Gasteiger partial charge in [-0.25, -0.2) is 4.98 Å². The highest BCUT2D eigenvalue weighted by molar-refractivity contribution is 7.07. The van der Waals surface area contributed by atoms with Crippen LogP contribution < -0.4 is 4.74 Å². The molecule has 1 aliphatic heterocycles. The van der Waals surface area contributed by atoms with E-state index in [1.165, 1.54) is 0 Å². The van der Waals surface area contributed by atoms with Crippen molar-refractivity contribution in [1.82, 2.24) is 14.9 Å². The molecule has 5 nitrogen and oxygen atoms in total. The summed E-state index contributed by atoms with van der Waals surface area (Å²) in [5.41, 5.74) is 1.09. The largest absolute Gasteiger partial charge is 0.472 e. The lowest BCUT2D eigenvalue weighted by molar-refractivity contribution is -0.133. The van der Waals surface area contributed by atoms with Gasteiger partial charge in [-0.1, -0.05) is 0 Å². The molecule has 22 heavy (non-hydrogen) atoms. The summed E-state index contributed by atoms with van der Waals surface area (Å²) < 4.78 is 5.91. The zero-order chi connectivity index (χ0) is 15.4. The molecular formula is C16H19N3O2S. The molecule has 0 bridgehead atoms. The minimum Gasteiger partial charge on any atom is -0.472 e. The summed E-state index contributed by atoms with van der Waals surface area (Å²) in [4.78, 5) is 22.6. The number of amides is 1. The molecule has 0 aliphatic carbocycles. The topological polar surface area (TPSA) is 55.3 Å². The Kier molecular flexibility index (Phi) is 4.68. The van der Waals surface area contributed by atoms with Crippen LogP contribution in [0.2, 0.25) is 0 Å². The van der Waals surface area contributed by atoms with E-state index < -0.39 is 0 Å². The summed E-state index contributed by atoms with van der Waals surface area (Å²) in [5.74, 6) is 1.45. The van der Waals surface area contributed by atoms with Crippen molar-refractivity contribution in [3.8, 4) is 5.88 Å². The van der Waals surface area contributed by atoms with Crippen LogP contribution in [0, 0.1) is 6.92 Å². The van der Waals surface area contributed by atoms with E-state index in [-0.39, 0.29) is 12.0 Å². The molecule has 1 saturated heterocycles. The molecule has 0 radical (unpaired) electrons. The van der Waals surface area contributed by atoms with Gasteiger partial charge in [0, 0.05) is 18.8 Å². The second-order valence-corrected chi connectivity index (χ2v) is 6.25. The van der Waals surface area contributed by atoms with Crippen LogP contribution in [0.15, 0.2) is 29.1 Å². The van der Waals surface area contributed by atoms with Crippen molar-refractivity contribution in [2.24, 2.45) is 0 Å². The summed E-state index contributed by atoms with van der Waals surface area (Å²) in [7, 11) is 0. The molecule has 3 heterocycles. The average Bonchev–Trinajstić information content (AvgIpc) is 3.00. The Morgan fingerprint density at radius 1 is 1.50 bits per heavy atom. The predicted octanol–water partition coefficient (Wildman–Crippen LogP) is 2.46. The van der Waals surface area contributed by atoms with Crippen molar-refractivity contribution in [3.63, 3.8) is 0 Å². The van der Waals surface area contributed by atoms with Crippen molar-refractivity contribution in [2.45, 2.75) is 32.3 Å². The van der Waals surface area contributed by atoms with E-state index in [4.69, 9.17) is 4.74 Å². The molecule has 1 atom stereocenters. The van der Waals surface area contributed by atoms with Gasteiger partial charge in [0.1, 0.15) is 11.9 Å². The van der Waals surface area contributed by atoms with Crippen LogP contribution >= 0.6 is 11.3 Å².